The van der Waals surface area contributed by atoms with E-state index in [1.807, 2.05) is 36.4 Å². The molecule has 76 heavy (non-hydrogen) atoms. The number of fused-ring (bicyclic) bond motifs is 2. The van der Waals surface area contributed by atoms with Gasteiger partial charge in [-0.1, -0.05) is 87.1 Å². The number of carbonyl (C=O) groups is 8. The first-order chi connectivity index (χ1) is 36.7. The van der Waals surface area contributed by atoms with E-state index in [2.05, 4.69) is 54.7 Å². The van der Waals surface area contributed by atoms with E-state index in [0.29, 0.717) is 0 Å². The van der Waals surface area contributed by atoms with Crippen LogP contribution in [0.4, 0.5) is 0 Å². The molecule has 2 aromatic rings. The second-order valence-corrected chi connectivity index (χ2v) is 22.6. The van der Waals surface area contributed by atoms with Crippen molar-refractivity contribution in [3.63, 3.8) is 0 Å². The molecule has 4 aliphatic carbocycles. The minimum Gasteiger partial charge on any atom is -0.351 e. The van der Waals surface area contributed by atoms with Crippen molar-refractivity contribution < 1.29 is 38.4 Å². The number of benzene rings is 2. The Morgan fingerprint density at radius 3 is 1.26 bits per heavy atom. The lowest BCUT2D eigenvalue weighted by Crippen LogP contribution is -2.58. The van der Waals surface area contributed by atoms with Gasteiger partial charge in [-0.3, -0.25) is 38.4 Å². The first-order valence-corrected chi connectivity index (χ1v) is 28.6. The number of nitrogens with one attached hydrogen (secondary N) is 8. The molecule has 0 spiro atoms. The van der Waals surface area contributed by atoms with Crippen molar-refractivity contribution in [2.75, 3.05) is 27.2 Å². The number of likely N-dealkylation sites (N-methyl/N-ethyl adjacent to an activating group) is 2. The summed E-state index contributed by atoms with van der Waals surface area (Å²) in [6, 6.07) is 9.86. The quantitative estimate of drug-likeness (QED) is 0.102. The van der Waals surface area contributed by atoms with Gasteiger partial charge in [0, 0.05) is 38.0 Å². The van der Waals surface area contributed by atoms with Crippen molar-refractivity contribution in [1.29, 1.82) is 0 Å². The molecule has 6 aliphatic rings. The molecule has 0 bridgehead atoms. The van der Waals surface area contributed by atoms with E-state index in [-0.39, 0.29) is 98.1 Å². The van der Waals surface area contributed by atoms with E-state index in [1.54, 1.807) is 37.7 Å². The highest BCUT2D eigenvalue weighted by atomic mass is 16.2. The number of hydrogen-bond donors (Lipinski definition) is 8. The Bertz CT molecular complexity index is 2240. The fourth-order valence-corrected chi connectivity index (χ4v) is 12.9. The van der Waals surface area contributed by atoms with Crippen LogP contribution in [0.15, 0.2) is 48.5 Å². The number of aryl methyl sites for hydroxylation is 2. The van der Waals surface area contributed by atoms with Gasteiger partial charge in [0.2, 0.25) is 47.3 Å². The van der Waals surface area contributed by atoms with Gasteiger partial charge in [-0.05, 0) is 139 Å². The predicted octanol–water partition coefficient (Wildman–Crippen LogP) is 3.67. The average Bonchev–Trinajstić information content (AvgIpc) is 4.07. The van der Waals surface area contributed by atoms with Crippen molar-refractivity contribution in [3.8, 4) is 0 Å². The Morgan fingerprint density at radius 1 is 0.500 bits per heavy atom. The minimum atomic E-state index is -0.913. The minimum absolute atomic E-state index is 0.0504. The molecule has 0 aromatic heterocycles. The molecular weight excluding hydrogens is 965 g/mol. The lowest BCUT2D eigenvalue weighted by atomic mass is 9.83. The summed E-state index contributed by atoms with van der Waals surface area (Å²) in [4.78, 5) is 116. The van der Waals surface area contributed by atoms with Crippen molar-refractivity contribution in [2.45, 2.75) is 203 Å². The third-order valence-corrected chi connectivity index (χ3v) is 17.5. The highest BCUT2D eigenvalue weighted by Crippen LogP contribution is 2.35. The molecule has 8 amide bonds. The van der Waals surface area contributed by atoms with Crippen LogP contribution in [-0.4, -0.2) is 133 Å². The first-order valence-electron chi connectivity index (χ1n) is 28.6. The summed E-state index contributed by atoms with van der Waals surface area (Å²) < 4.78 is 0. The van der Waals surface area contributed by atoms with Gasteiger partial charge < -0.3 is 52.3 Å². The molecule has 10 atom stereocenters. The standard InChI is InChI=1S/C58H84N10O8/c1-35(59-3)53(71)65-51(39-19-7-5-8-20-39)57(75)67-33-41(31-47(67)55(73)63-45-27-15-23-37-17-11-13-25-43(37)45)61-49(69)29-30-50(70)62-42-32-48(56(74)64-46-28-16-24-38-18-12-14-26-44(38)46)68(34-42)58(76)52(40-21-9-6-10-22-40)66-54(72)36(2)60-4/h11-14,17-18,25-26,35-36,39-42,45-48,51-52,59-60H,5-10,15-16,19-24,27-34H2,1-4H3,(H,61,69)(H,62,70)(H,63,73)(H,64,74)(H,65,71)(H,66,72)/t35-,36-,41-,42-,45+,46+,47-,48-,51-,52-/m0/s1. The fourth-order valence-electron chi connectivity index (χ4n) is 12.9. The SMILES string of the molecule is CN[C@@H](C)C(=O)N[C@H](C(=O)N1C[C@@H](NC(=O)CCC(=O)N[C@H]2C[C@@H](C(=O)N[C@@H]3CCCc4ccccc43)N(C(=O)[C@@H](NC(=O)[C@H](C)NC)C3CCCCC3)C2)C[C@H]1C(=O)N[C@@H]1CCCc2ccccc21)C1CCCCC1. The van der Waals surface area contributed by atoms with Gasteiger partial charge in [-0.2, -0.15) is 0 Å². The van der Waals surface area contributed by atoms with Gasteiger partial charge >= 0.3 is 0 Å². The van der Waals surface area contributed by atoms with E-state index in [1.165, 1.54) is 11.1 Å². The smallest absolute Gasteiger partial charge is 0.246 e. The lowest BCUT2D eigenvalue weighted by Gasteiger charge is -2.35. The normalized spacial score (nSPS) is 25.4. The molecule has 2 saturated carbocycles. The number of amides is 8. The number of hydrogen-bond acceptors (Lipinski definition) is 10. The predicted molar refractivity (Wildman–Crippen MR) is 288 cm³/mol. The van der Waals surface area contributed by atoms with Crippen LogP contribution in [-0.2, 0) is 51.2 Å². The van der Waals surface area contributed by atoms with Crippen LogP contribution < -0.4 is 42.5 Å². The van der Waals surface area contributed by atoms with Gasteiger partial charge in [0.1, 0.15) is 24.2 Å². The van der Waals surface area contributed by atoms with Gasteiger partial charge in [-0.15, -0.1) is 0 Å². The highest BCUT2D eigenvalue weighted by molar-refractivity contribution is 5.95. The fraction of sp³-hybridized carbons (Fsp3) is 0.655. The van der Waals surface area contributed by atoms with Gasteiger partial charge in [-0.25, -0.2) is 0 Å². The molecule has 2 aliphatic heterocycles. The maximum absolute atomic E-state index is 14.9. The summed E-state index contributed by atoms with van der Waals surface area (Å²) in [5, 5.41) is 24.6. The molecule has 4 fully saturated rings. The summed E-state index contributed by atoms with van der Waals surface area (Å²) >= 11 is 0. The number of carbonyl (C=O) groups excluding carboxylic acids is 8. The molecule has 8 N–H and O–H groups in total. The zero-order valence-electron chi connectivity index (χ0n) is 45.3. The lowest BCUT2D eigenvalue weighted by molar-refractivity contribution is -0.143. The van der Waals surface area contributed by atoms with Crippen molar-refractivity contribution in [2.24, 2.45) is 11.8 Å². The first kappa shape index (κ1) is 56.3. The van der Waals surface area contributed by atoms with Crippen LogP contribution >= 0.6 is 0 Å². The van der Waals surface area contributed by atoms with E-state index in [0.717, 1.165) is 114 Å². The van der Waals surface area contributed by atoms with Gasteiger partial charge in [0.05, 0.1) is 24.2 Å². The zero-order valence-corrected chi connectivity index (χ0v) is 45.3. The molecule has 18 heteroatoms. The number of nitrogens with zero attached hydrogens (tertiary/aromatic N) is 2. The number of likely N-dealkylation sites (tertiary alicyclic amines) is 2. The Labute approximate surface area is 448 Å². The molecule has 0 radical (unpaired) electrons. The Kier molecular flexibility index (Phi) is 19.6. The summed E-state index contributed by atoms with van der Waals surface area (Å²) in [5.41, 5.74) is 4.48. The summed E-state index contributed by atoms with van der Waals surface area (Å²) in [6.45, 7) is 3.57. The van der Waals surface area contributed by atoms with Crippen molar-refractivity contribution in [1.82, 2.24) is 52.3 Å². The third kappa shape index (κ3) is 13.8. The molecule has 2 heterocycles. The van der Waals surface area contributed by atoms with E-state index in [9.17, 15) is 38.4 Å². The van der Waals surface area contributed by atoms with Crippen LogP contribution in [0, 0.1) is 11.8 Å². The molecular formula is C58H84N10O8. The van der Waals surface area contributed by atoms with Crippen LogP contribution in [0.2, 0.25) is 0 Å². The Morgan fingerprint density at radius 2 is 0.882 bits per heavy atom. The van der Waals surface area contributed by atoms with E-state index in [4.69, 9.17) is 0 Å². The Hall–Kier alpha value is -5.88. The Balaban J connectivity index is 0.944. The van der Waals surface area contributed by atoms with Crippen molar-refractivity contribution in [3.05, 3.63) is 70.8 Å². The highest BCUT2D eigenvalue weighted by Gasteiger charge is 2.47. The maximum atomic E-state index is 14.9. The molecule has 2 aromatic carbocycles. The van der Waals surface area contributed by atoms with Crippen LogP contribution in [0.5, 0.6) is 0 Å². The maximum Gasteiger partial charge on any atom is 0.246 e. The molecule has 0 unspecified atom stereocenters. The van der Waals surface area contributed by atoms with Crippen LogP contribution in [0.1, 0.15) is 164 Å². The molecule has 414 valence electrons. The average molecular weight is 1050 g/mol. The van der Waals surface area contributed by atoms with Crippen LogP contribution in [0.3, 0.4) is 0 Å². The van der Waals surface area contributed by atoms with Crippen molar-refractivity contribution >= 4 is 47.3 Å². The summed E-state index contributed by atoms with van der Waals surface area (Å²) in [5.74, 6) is -2.99. The summed E-state index contributed by atoms with van der Waals surface area (Å²) in [6.07, 6.45) is 14.0. The van der Waals surface area contributed by atoms with Crippen LogP contribution in [0.25, 0.3) is 0 Å². The topological polar surface area (TPSA) is 239 Å². The van der Waals surface area contributed by atoms with E-state index >= 15 is 0 Å². The second-order valence-electron chi connectivity index (χ2n) is 22.6. The second kappa shape index (κ2) is 26.4. The summed E-state index contributed by atoms with van der Waals surface area (Å²) in [7, 11) is 3.37. The molecule has 2 saturated heterocycles. The monoisotopic (exact) mass is 1050 g/mol. The zero-order chi connectivity index (χ0) is 53.9. The van der Waals surface area contributed by atoms with E-state index < -0.39 is 60.1 Å². The molecule has 8 rings (SSSR count). The molecule has 18 nitrogen and oxygen atoms in total. The van der Waals surface area contributed by atoms with Gasteiger partial charge in [0.15, 0.2) is 0 Å². The third-order valence-electron chi connectivity index (χ3n) is 17.5. The number of rotatable bonds is 19. The largest absolute Gasteiger partial charge is 0.351 e. The van der Waals surface area contributed by atoms with Gasteiger partial charge in [0.25, 0.3) is 0 Å².